The molecule has 7 nitrogen and oxygen atoms in total. The van der Waals surface area contributed by atoms with Crippen molar-refractivity contribution in [1.29, 1.82) is 0 Å². The highest BCUT2D eigenvalue weighted by atomic mass is 32.2. The standard InChI is InChI=1S/C17H17N3O4S/c1-11(2)12-5-7-13(8-6-12)19-15(21)10-20-17(22)14-4-3-9-18-16(14)25(20,23)24/h3-9,11H,10H2,1-2H3,(H,19,21). The normalized spacial score (nSPS) is 15.3. The minimum Gasteiger partial charge on any atom is -0.325 e. The molecule has 1 N–H and O–H groups in total. The van der Waals surface area contributed by atoms with Gasteiger partial charge in [-0.1, -0.05) is 26.0 Å². The van der Waals surface area contributed by atoms with Crippen molar-refractivity contribution in [3.63, 3.8) is 0 Å². The van der Waals surface area contributed by atoms with Gasteiger partial charge in [0.25, 0.3) is 15.9 Å². The van der Waals surface area contributed by atoms with Crippen molar-refractivity contribution in [2.45, 2.75) is 24.8 Å². The highest BCUT2D eigenvalue weighted by Crippen LogP contribution is 2.27. The van der Waals surface area contributed by atoms with E-state index in [2.05, 4.69) is 24.1 Å². The van der Waals surface area contributed by atoms with Gasteiger partial charge in [-0.2, -0.15) is 8.42 Å². The Labute approximate surface area is 145 Å². The van der Waals surface area contributed by atoms with Crippen LogP contribution in [0.15, 0.2) is 47.6 Å². The number of pyridine rings is 1. The first-order valence-electron chi connectivity index (χ1n) is 7.72. The monoisotopic (exact) mass is 359 g/mol. The molecule has 25 heavy (non-hydrogen) atoms. The summed E-state index contributed by atoms with van der Waals surface area (Å²) in [5.74, 6) is -0.974. The number of carbonyl (C=O) groups excluding carboxylic acids is 2. The van der Waals surface area contributed by atoms with E-state index >= 15 is 0 Å². The summed E-state index contributed by atoms with van der Waals surface area (Å²) < 4.78 is 25.3. The number of rotatable bonds is 4. The van der Waals surface area contributed by atoms with Crippen molar-refractivity contribution >= 4 is 27.5 Å². The maximum Gasteiger partial charge on any atom is 0.285 e. The van der Waals surface area contributed by atoms with Crippen molar-refractivity contribution < 1.29 is 18.0 Å². The molecule has 0 saturated heterocycles. The molecule has 1 aromatic carbocycles. The molecule has 0 aliphatic carbocycles. The summed E-state index contributed by atoms with van der Waals surface area (Å²) in [5, 5.41) is 2.29. The topological polar surface area (TPSA) is 96.4 Å². The highest BCUT2D eigenvalue weighted by Gasteiger charge is 2.43. The second-order valence-corrected chi connectivity index (χ2v) is 7.78. The molecular weight excluding hydrogens is 342 g/mol. The quantitative estimate of drug-likeness (QED) is 0.900. The maximum atomic E-state index is 12.4. The zero-order valence-electron chi connectivity index (χ0n) is 13.8. The van der Waals surface area contributed by atoms with Crippen LogP contribution >= 0.6 is 0 Å². The first kappa shape index (κ1) is 17.1. The fraction of sp³-hybridized carbons (Fsp3) is 0.235. The molecule has 2 heterocycles. The van der Waals surface area contributed by atoms with Crippen LogP contribution in [0, 0.1) is 0 Å². The van der Waals surface area contributed by atoms with Gasteiger partial charge in [0.15, 0.2) is 5.03 Å². The SMILES string of the molecule is CC(C)c1ccc(NC(=O)CN2C(=O)c3cccnc3S2(=O)=O)cc1. The van der Waals surface area contributed by atoms with Gasteiger partial charge in [-0.15, -0.1) is 0 Å². The van der Waals surface area contributed by atoms with Crippen molar-refractivity contribution in [2.24, 2.45) is 0 Å². The molecule has 0 fully saturated rings. The van der Waals surface area contributed by atoms with E-state index in [0.717, 1.165) is 5.56 Å². The van der Waals surface area contributed by atoms with E-state index in [-0.39, 0.29) is 10.6 Å². The van der Waals surface area contributed by atoms with Gasteiger partial charge >= 0.3 is 0 Å². The molecule has 1 aliphatic rings. The number of benzene rings is 1. The van der Waals surface area contributed by atoms with Crippen LogP contribution < -0.4 is 5.32 Å². The third kappa shape index (κ3) is 3.12. The zero-order chi connectivity index (χ0) is 18.2. The van der Waals surface area contributed by atoms with Crippen molar-refractivity contribution in [1.82, 2.24) is 9.29 Å². The minimum atomic E-state index is -4.09. The zero-order valence-corrected chi connectivity index (χ0v) is 14.6. The smallest absolute Gasteiger partial charge is 0.285 e. The molecule has 0 radical (unpaired) electrons. The summed E-state index contributed by atoms with van der Waals surface area (Å²) in [6, 6.07) is 10.1. The van der Waals surface area contributed by atoms with E-state index in [9.17, 15) is 18.0 Å². The second-order valence-electron chi connectivity index (χ2n) is 6.00. The molecule has 0 saturated carbocycles. The summed E-state index contributed by atoms with van der Waals surface area (Å²) >= 11 is 0. The number of nitrogens with one attached hydrogen (secondary N) is 1. The Morgan fingerprint density at radius 2 is 1.88 bits per heavy atom. The van der Waals surface area contributed by atoms with E-state index < -0.39 is 28.4 Å². The van der Waals surface area contributed by atoms with Crippen molar-refractivity contribution in [2.75, 3.05) is 11.9 Å². The summed E-state index contributed by atoms with van der Waals surface area (Å²) in [5.41, 5.74) is 1.64. The van der Waals surface area contributed by atoms with Crippen LogP contribution in [0.5, 0.6) is 0 Å². The largest absolute Gasteiger partial charge is 0.325 e. The molecule has 1 aromatic heterocycles. The fourth-order valence-corrected chi connectivity index (χ4v) is 3.99. The third-order valence-electron chi connectivity index (χ3n) is 3.91. The Morgan fingerprint density at radius 3 is 2.48 bits per heavy atom. The average molecular weight is 359 g/mol. The van der Waals surface area contributed by atoms with Gasteiger partial charge in [0.05, 0.1) is 5.56 Å². The van der Waals surface area contributed by atoms with Crippen LogP contribution in [-0.4, -0.2) is 36.1 Å². The van der Waals surface area contributed by atoms with Gasteiger partial charge < -0.3 is 5.32 Å². The van der Waals surface area contributed by atoms with Crippen LogP contribution in [0.25, 0.3) is 0 Å². The van der Waals surface area contributed by atoms with Crippen LogP contribution in [-0.2, 0) is 14.8 Å². The third-order valence-corrected chi connectivity index (χ3v) is 5.60. The number of nitrogens with zero attached hydrogens (tertiary/aromatic N) is 2. The molecule has 2 amide bonds. The Morgan fingerprint density at radius 1 is 1.20 bits per heavy atom. The fourth-order valence-electron chi connectivity index (χ4n) is 2.55. The number of amides is 2. The van der Waals surface area contributed by atoms with Crippen molar-refractivity contribution in [3.05, 3.63) is 53.7 Å². The molecule has 0 unspecified atom stereocenters. The van der Waals surface area contributed by atoms with E-state index in [1.807, 2.05) is 12.1 Å². The molecule has 0 bridgehead atoms. The van der Waals surface area contributed by atoms with Crippen molar-refractivity contribution in [3.8, 4) is 0 Å². The Balaban J connectivity index is 1.75. The summed E-state index contributed by atoms with van der Waals surface area (Å²) in [6.07, 6.45) is 1.30. The van der Waals surface area contributed by atoms with Gasteiger partial charge in [0, 0.05) is 11.9 Å². The van der Waals surface area contributed by atoms with Gasteiger partial charge in [-0.25, -0.2) is 9.29 Å². The Bertz CT molecular complexity index is 937. The molecule has 2 aromatic rings. The molecule has 0 spiro atoms. The summed E-state index contributed by atoms with van der Waals surface area (Å²) in [7, 11) is -4.09. The van der Waals surface area contributed by atoms with Gasteiger partial charge in [0.2, 0.25) is 5.91 Å². The lowest BCUT2D eigenvalue weighted by atomic mass is 10.0. The first-order chi connectivity index (χ1) is 11.8. The van der Waals surface area contributed by atoms with E-state index in [1.54, 1.807) is 12.1 Å². The predicted octanol–water partition coefficient (Wildman–Crippen LogP) is 1.99. The first-order valence-corrected chi connectivity index (χ1v) is 9.16. The van der Waals surface area contributed by atoms with E-state index in [1.165, 1.54) is 18.3 Å². The number of carbonyl (C=O) groups is 2. The van der Waals surface area contributed by atoms with Crippen LogP contribution in [0.4, 0.5) is 5.69 Å². The number of anilines is 1. The van der Waals surface area contributed by atoms with E-state index in [4.69, 9.17) is 0 Å². The van der Waals surface area contributed by atoms with Crippen LogP contribution in [0.1, 0.15) is 35.7 Å². The molecule has 1 aliphatic heterocycles. The van der Waals surface area contributed by atoms with E-state index in [0.29, 0.717) is 15.9 Å². The molecular formula is C17H17N3O4S. The highest BCUT2D eigenvalue weighted by molar-refractivity contribution is 7.90. The predicted molar refractivity (Wildman–Crippen MR) is 91.6 cm³/mol. The Kier molecular flexibility index (Phi) is 4.30. The molecule has 8 heteroatoms. The number of aromatic nitrogens is 1. The lowest BCUT2D eigenvalue weighted by Gasteiger charge is -2.14. The maximum absolute atomic E-state index is 12.4. The number of hydrogen-bond acceptors (Lipinski definition) is 5. The Hall–Kier alpha value is -2.74. The summed E-state index contributed by atoms with van der Waals surface area (Å²) in [4.78, 5) is 28.2. The number of fused-ring (bicyclic) bond motifs is 1. The molecule has 3 rings (SSSR count). The van der Waals surface area contributed by atoms with Gasteiger partial charge in [-0.3, -0.25) is 9.59 Å². The number of sulfonamides is 1. The van der Waals surface area contributed by atoms with Crippen LogP contribution in [0.3, 0.4) is 0 Å². The summed E-state index contributed by atoms with van der Waals surface area (Å²) in [6.45, 7) is 3.52. The minimum absolute atomic E-state index is 0.0170. The van der Waals surface area contributed by atoms with Gasteiger partial charge in [0.1, 0.15) is 6.54 Å². The second kappa shape index (κ2) is 6.29. The average Bonchev–Trinajstić information content (AvgIpc) is 2.77. The lowest BCUT2D eigenvalue weighted by molar-refractivity contribution is -0.116. The number of hydrogen-bond donors (Lipinski definition) is 1. The molecule has 130 valence electrons. The van der Waals surface area contributed by atoms with Gasteiger partial charge in [-0.05, 0) is 35.7 Å². The lowest BCUT2D eigenvalue weighted by Crippen LogP contribution is -2.37. The van der Waals surface area contributed by atoms with Crippen LogP contribution in [0.2, 0.25) is 0 Å². The molecule has 0 atom stereocenters.